The van der Waals surface area contributed by atoms with Gasteiger partial charge in [0.15, 0.2) is 5.76 Å². The van der Waals surface area contributed by atoms with Crippen LogP contribution in [0, 0.1) is 25.7 Å². The fourth-order valence-corrected chi connectivity index (χ4v) is 9.07. The van der Waals surface area contributed by atoms with E-state index in [1.807, 2.05) is 61.7 Å². The molecule has 1 unspecified atom stereocenters. The number of pyridine rings is 1. The van der Waals surface area contributed by atoms with Crippen LogP contribution in [0.25, 0.3) is 33.1 Å². The molecule has 3 aromatic carbocycles. The smallest absolute Gasteiger partial charge is 0.305 e. The van der Waals surface area contributed by atoms with Gasteiger partial charge in [-0.2, -0.15) is 0 Å². The summed E-state index contributed by atoms with van der Waals surface area (Å²) in [6.45, 7) is 4.28. The highest BCUT2D eigenvalue weighted by Crippen LogP contribution is 2.42. The van der Waals surface area contributed by atoms with E-state index in [1.54, 1.807) is 26.3 Å². The fourth-order valence-electron chi connectivity index (χ4n) is 8.71. The Morgan fingerprint density at radius 2 is 1.48 bits per heavy atom. The predicted octanol–water partition coefficient (Wildman–Crippen LogP) is 12.4. The first kappa shape index (κ1) is 42.7. The van der Waals surface area contributed by atoms with Crippen LogP contribution in [-0.2, 0) is 4.79 Å². The summed E-state index contributed by atoms with van der Waals surface area (Å²) in [7, 11) is 3.23. The normalized spacial score (nSPS) is 15.3. The zero-order chi connectivity index (χ0) is 42.3. The molecular weight excluding hydrogens is 822 g/mol. The summed E-state index contributed by atoms with van der Waals surface area (Å²) in [5, 5.41) is 14.8. The lowest BCUT2D eigenvalue weighted by Crippen LogP contribution is -2.29. The number of aryl methyl sites for hydroxylation is 2. The lowest BCUT2D eigenvalue weighted by molar-refractivity contribution is -0.137. The molecule has 8 rings (SSSR count). The number of benzene rings is 3. The summed E-state index contributed by atoms with van der Waals surface area (Å²) < 4.78 is 18.6. The van der Waals surface area contributed by atoms with Crippen LogP contribution in [-0.4, -0.2) is 53.4 Å². The van der Waals surface area contributed by atoms with Crippen molar-refractivity contribution < 1.29 is 33.1 Å². The number of amides is 1. The number of methoxy groups -OCH3 is 1. The Kier molecular flexibility index (Phi) is 13.7. The lowest BCUT2D eigenvalue weighted by Gasteiger charge is -2.31. The summed E-state index contributed by atoms with van der Waals surface area (Å²) >= 11 is 3.46. The standard InChI is InChI=1S/C33H37N3O5.C16H17BrO2/c1-21-27-19-24(25-12-16-29(40-3)34-20-25)11-15-28(27)41-32(21)31(22-7-5-4-6-8-22)35-26-13-9-23(10-14-26)33(39)36(2)18-17-30(37)38;1-10-13-9-12(17)7-8-14(13)19-16(10)15(18)11-5-3-2-4-6-11/h9-16,19-20,22,31,35H,4-8,17-18H2,1-3H3,(H,37,38);7-9,11H,2-6H2,1H3. The lowest BCUT2D eigenvalue weighted by atomic mass is 9.82. The first-order chi connectivity index (χ1) is 29.0. The Morgan fingerprint density at radius 3 is 2.15 bits per heavy atom. The van der Waals surface area contributed by atoms with Crippen LogP contribution in [0.15, 0.2) is 92.3 Å². The van der Waals surface area contributed by atoms with Crippen LogP contribution >= 0.6 is 15.9 Å². The number of anilines is 1. The molecule has 11 heteroatoms. The van der Waals surface area contributed by atoms with Gasteiger partial charge in [-0.1, -0.05) is 60.5 Å². The van der Waals surface area contributed by atoms with Crippen LogP contribution in [0.2, 0.25) is 0 Å². The van der Waals surface area contributed by atoms with Gasteiger partial charge in [0.25, 0.3) is 5.91 Å². The van der Waals surface area contributed by atoms with E-state index in [9.17, 15) is 14.4 Å². The number of ketones is 1. The summed E-state index contributed by atoms with van der Waals surface area (Å²) in [6.07, 6.45) is 13.3. The van der Waals surface area contributed by atoms with Crippen molar-refractivity contribution in [1.82, 2.24) is 9.88 Å². The molecule has 2 N–H and O–H groups in total. The number of aliphatic carboxylic acids is 1. The largest absolute Gasteiger partial charge is 0.481 e. The highest BCUT2D eigenvalue weighted by atomic mass is 79.9. The molecule has 3 heterocycles. The van der Waals surface area contributed by atoms with Crippen molar-refractivity contribution in [2.24, 2.45) is 11.8 Å². The number of ether oxygens (including phenoxy) is 1. The van der Waals surface area contributed by atoms with Gasteiger partial charge in [0.2, 0.25) is 11.7 Å². The monoisotopic (exact) mass is 875 g/mol. The van der Waals surface area contributed by atoms with Crippen LogP contribution in [0.5, 0.6) is 5.88 Å². The number of carboxylic acids is 1. The third-order valence-corrected chi connectivity index (χ3v) is 12.7. The molecule has 0 radical (unpaired) electrons. The van der Waals surface area contributed by atoms with E-state index in [0.717, 1.165) is 85.8 Å². The maximum Gasteiger partial charge on any atom is 0.305 e. The minimum atomic E-state index is -0.923. The number of rotatable bonds is 12. The Morgan fingerprint density at radius 1 is 0.833 bits per heavy atom. The fraction of sp³-hybridized carbons (Fsp3) is 0.388. The van der Waals surface area contributed by atoms with Gasteiger partial charge in [0.1, 0.15) is 16.9 Å². The predicted molar refractivity (Wildman–Crippen MR) is 239 cm³/mol. The molecule has 2 saturated carbocycles. The summed E-state index contributed by atoms with van der Waals surface area (Å²) in [4.78, 5) is 42.0. The van der Waals surface area contributed by atoms with E-state index in [0.29, 0.717) is 23.1 Å². The van der Waals surface area contributed by atoms with Crippen molar-refractivity contribution in [2.45, 2.75) is 90.5 Å². The number of furan rings is 2. The average molecular weight is 877 g/mol. The Balaban J connectivity index is 0.000000238. The first-order valence-electron chi connectivity index (χ1n) is 21.1. The number of halogens is 1. The number of nitrogens with zero attached hydrogens (tertiary/aromatic N) is 2. The van der Waals surface area contributed by atoms with Gasteiger partial charge in [0.05, 0.1) is 19.6 Å². The van der Waals surface area contributed by atoms with E-state index in [2.05, 4.69) is 45.3 Å². The van der Waals surface area contributed by atoms with Crippen LogP contribution in [0.3, 0.4) is 0 Å². The number of carbonyl (C=O) groups is 3. The zero-order valence-electron chi connectivity index (χ0n) is 34.9. The molecule has 6 aromatic rings. The molecule has 314 valence electrons. The van der Waals surface area contributed by atoms with E-state index in [4.69, 9.17) is 18.7 Å². The molecule has 0 bridgehead atoms. The van der Waals surface area contributed by atoms with Crippen LogP contribution in [0.1, 0.15) is 114 Å². The molecule has 1 amide bonds. The van der Waals surface area contributed by atoms with Crippen molar-refractivity contribution in [3.8, 4) is 17.0 Å². The minimum Gasteiger partial charge on any atom is -0.481 e. The number of carbonyl (C=O) groups excluding carboxylic acids is 2. The highest BCUT2D eigenvalue weighted by molar-refractivity contribution is 9.10. The molecular formula is C49H54BrN3O7. The van der Waals surface area contributed by atoms with Gasteiger partial charge in [-0.25, -0.2) is 4.98 Å². The Labute approximate surface area is 359 Å². The molecule has 1 atom stereocenters. The summed E-state index contributed by atoms with van der Waals surface area (Å²) in [5.74, 6) is 1.77. The molecule has 0 saturated heterocycles. The molecule has 60 heavy (non-hydrogen) atoms. The second-order valence-electron chi connectivity index (χ2n) is 16.3. The molecule has 10 nitrogen and oxygen atoms in total. The van der Waals surface area contributed by atoms with Crippen molar-refractivity contribution in [1.29, 1.82) is 0 Å². The van der Waals surface area contributed by atoms with Gasteiger partial charge in [-0.15, -0.1) is 0 Å². The van der Waals surface area contributed by atoms with Crippen LogP contribution < -0.4 is 10.1 Å². The molecule has 0 spiro atoms. The molecule has 2 fully saturated rings. The summed E-state index contributed by atoms with van der Waals surface area (Å²) in [6, 6.07) is 23.4. The number of fused-ring (bicyclic) bond motifs is 2. The van der Waals surface area contributed by atoms with Crippen molar-refractivity contribution in [3.05, 3.63) is 112 Å². The Bertz CT molecular complexity index is 2440. The van der Waals surface area contributed by atoms with Gasteiger partial charge in [-0.3, -0.25) is 14.4 Å². The molecule has 3 aromatic heterocycles. The first-order valence-corrected chi connectivity index (χ1v) is 21.9. The number of hydrogen-bond donors (Lipinski definition) is 2. The van der Waals surface area contributed by atoms with Crippen molar-refractivity contribution >= 4 is 61.2 Å². The van der Waals surface area contributed by atoms with Gasteiger partial charge in [0, 0.05) is 75.0 Å². The van der Waals surface area contributed by atoms with Crippen molar-refractivity contribution in [3.63, 3.8) is 0 Å². The van der Waals surface area contributed by atoms with E-state index < -0.39 is 5.97 Å². The van der Waals surface area contributed by atoms with E-state index in [-0.39, 0.29) is 36.6 Å². The number of aromatic nitrogens is 1. The van der Waals surface area contributed by atoms with E-state index in [1.165, 1.54) is 43.4 Å². The number of Topliss-reactive ketones (excluding diaryl/α,β-unsaturated/α-hetero) is 1. The second-order valence-corrected chi connectivity index (χ2v) is 17.2. The maximum atomic E-state index is 12.8. The van der Waals surface area contributed by atoms with Gasteiger partial charge < -0.3 is 28.9 Å². The third-order valence-electron chi connectivity index (χ3n) is 12.2. The number of hydrogen-bond acceptors (Lipinski definition) is 8. The van der Waals surface area contributed by atoms with Crippen LogP contribution in [0.4, 0.5) is 5.69 Å². The number of nitrogens with one attached hydrogen (secondary N) is 1. The maximum absolute atomic E-state index is 12.8. The molecule has 2 aliphatic carbocycles. The highest BCUT2D eigenvalue weighted by Gasteiger charge is 2.31. The topological polar surface area (TPSA) is 135 Å². The number of carboxylic acid groups (broad SMARTS) is 1. The summed E-state index contributed by atoms with van der Waals surface area (Å²) in [5.41, 5.74) is 7.29. The third kappa shape index (κ3) is 9.78. The zero-order valence-corrected chi connectivity index (χ0v) is 36.5. The molecule has 2 aliphatic rings. The van der Waals surface area contributed by atoms with Gasteiger partial charge >= 0.3 is 5.97 Å². The SMILES string of the molecule is COc1ccc(-c2ccc3oc(C(Nc4ccc(C(=O)N(C)CCC(=O)O)cc4)C4CCCCC4)c(C)c3c2)cn1.Cc1c(C(=O)C2CCCCC2)oc2ccc(Br)cc12. The van der Waals surface area contributed by atoms with Gasteiger partial charge in [-0.05, 0) is 112 Å². The Hall–Kier alpha value is -5.42. The minimum absolute atomic E-state index is 0.00593. The second kappa shape index (κ2) is 19.3. The molecule has 0 aliphatic heterocycles. The quantitative estimate of drug-likeness (QED) is 0.115. The van der Waals surface area contributed by atoms with E-state index >= 15 is 0 Å². The average Bonchev–Trinajstić information content (AvgIpc) is 3.79. The van der Waals surface area contributed by atoms with Crippen molar-refractivity contribution in [2.75, 3.05) is 26.0 Å².